The molecule has 0 radical (unpaired) electrons. The lowest BCUT2D eigenvalue weighted by Crippen LogP contribution is -2.36. The van der Waals surface area contributed by atoms with E-state index in [0.29, 0.717) is 30.7 Å². The number of ether oxygens (including phenoxy) is 1. The summed E-state index contributed by atoms with van der Waals surface area (Å²) in [4.78, 5) is 14.4. The molecule has 136 valence electrons. The Balaban J connectivity index is 1.80. The van der Waals surface area contributed by atoms with Crippen molar-refractivity contribution in [2.75, 3.05) is 24.6 Å². The summed E-state index contributed by atoms with van der Waals surface area (Å²) in [6.45, 7) is 3.68. The van der Waals surface area contributed by atoms with Crippen LogP contribution < -0.4 is 9.64 Å². The Morgan fingerprint density at radius 3 is 2.76 bits per heavy atom. The van der Waals surface area contributed by atoms with Gasteiger partial charge < -0.3 is 14.2 Å². The van der Waals surface area contributed by atoms with E-state index in [1.165, 1.54) is 4.57 Å². The van der Waals surface area contributed by atoms with Crippen LogP contribution in [-0.4, -0.2) is 39.2 Å². The molecule has 1 aliphatic heterocycles. The van der Waals surface area contributed by atoms with E-state index in [1.807, 2.05) is 11.8 Å². The molecule has 0 saturated carbocycles. The van der Waals surface area contributed by atoms with Crippen molar-refractivity contribution in [1.82, 2.24) is 19.5 Å². The van der Waals surface area contributed by atoms with Crippen LogP contribution in [0.2, 0.25) is 0 Å². The zero-order chi connectivity index (χ0) is 18.0. The van der Waals surface area contributed by atoms with E-state index in [9.17, 15) is 13.2 Å². The average Bonchev–Trinajstić information content (AvgIpc) is 2.98. The molecule has 1 fully saturated rings. The van der Waals surface area contributed by atoms with Crippen LogP contribution in [0.4, 0.5) is 19.0 Å². The molecule has 0 bridgehead atoms. The average molecular weight is 355 g/mol. The molecule has 0 unspecified atom stereocenters. The molecule has 0 spiro atoms. The number of aryl methyl sites for hydroxylation is 1. The maximum Gasteiger partial charge on any atom is 0.434 e. The standard InChI is InChI=1S/C16H20F3N5O/c1-3-25-14-8-20-7-13(22-14)24-6-4-5-11(9-24)15-21-12(10-23(15)2)16(17,18)19/h7-8,10-11H,3-6,9H2,1-2H3/t11-/m0/s1. The maximum absolute atomic E-state index is 12.9. The Hall–Kier alpha value is -2.32. The Morgan fingerprint density at radius 2 is 2.08 bits per heavy atom. The summed E-state index contributed by atoms with van der Waals surface area (Å²) < 4.78 is 45.5. The number of aromatic nitrogens is 4. The molecular weight excluding hydrogens is 335 g/mol. The highest BCUT2D eigenvalue weighted by Crippen LogP contribution is 2.33. The largest absolute Gasteiger partial charge is 0.477 e. The second-order valence-electron chi connectivity index (χ2n) is 6.03. The Bertz CT molecular complexity index is 731. The van der Waals surface area contributed by atoms with Crippen molar-refractivity contribution in [3.05, 3.63) is 30.1 Å². The van der Waals surface area contributed by atoms with Crippen LogP contribution in [0.3, 0.4) is 0 Å². The normalized spacial score (nSPS) is 18.4. The fourth-order valence-corrected chi connectivity index (χ4v) is 3.10. The van der Waals surface area contributed by atoms with Gasteiger partial charge in [0.1, 0.15) is 5.82 Å². The van der Waals surface area contributed by atoms with Crippen molar-refractivity contribution in [2.45, 2.75) is 31.9 Å². The highest BCUT2D eigenvalue weighted by Gasteiger charge is 2.36. The van der Waals surface area contributed by atoms with Gasteiger partial charge in [-0.05, 0) is 19.8 Å². The first-order valence-electron chi connectivity index (χ1n) is 8.18. The van der Waals surface area contributed by atoms with Gasteiger partial charge in [0.25, 0.3) is 0 Å². The van der Waals surface area contributed by atoms with Gasteiger partial charge in [-0.2, -0.15) is 18.2 Å². The van der Waals surface area contributed by atoms with Crippen LogP contribution >= 0.6 is 0 Å². The number of nitrogens with zero attached hydrogens (tertiary/aromatic N) is 5. The minimum atomic E-state index is -4.43. The zero-order valence-corrected chi connectivity index (χ0v) is 14.1. The Morgan fingerprint density at radius 1 is 1.28 bits per heavy atom. The summed E-state index contributed by atoms with van der Waals surface area (Å²) in [6.07, 6.45) is 1.44. The molecule has 1 aliphatic rings. The van der Waals surface area contributed by atoms with Crippen LogP contribution in [-0.2, 0) is 13.2 Å². The minimum absolute atomic E-state index is 0.0904. The lowest BCUT2D eigenvalue weighted by molar-refractivity contribution is -0.141. The topological polar surface area (TPSA) is 56.1 Å². The number of hydrogen-bond acceptors (Lipinski definition) is 5. The fraction of sp³-hybridized carbons (Fsp3) is 0.562. The summed E-state index contributed by atoms with van der Waals surface area (Å²) in [6, 6.07) is 0. The third-order valence-corrected chi connectivity index (χ3v) is 4.21. The first-order valence-corrected chi connectivity index (χ1v) is 8.18. The van der Waals surface area contributed by atoms with Gasteiger partial charge in [0.2, 0.25) is 5.88 Å². The Kier molecular flexibility index (Phi) is 4.82. The zero-order valence-electron chi connectivity index (χ0n) is 14.1. The molecule has 1 saturated heterocycles. The van der Waals surface area contributed by atoms with Crippen molar-refractivity contribution >= 4 is 5.82 Å². The summed E-state index contributed by atoms with van der Waals surface area (Å²) in [5.74, 6) is 1.47. The number of halogens is 3. The van der Waals surface area contributed by atoms with Crippen LogP contribution in [0.1, 0.15) is 37.2 Å². The quantitative estimate of drug-likeness (QED) is 0.844. The van der Waals surface area contributed by atoms with Crippen LogP contribution in [0, 0.1) is 0 Å². The third kappa shape index (κ3) is 3.85. The molecule has 3 heterocycles. The smallest absolute Gasteiger partial charge is 0.434 e. The molecule has 1 atom stereocenters. The van der Waals surface area contributed by atoms with Gasteiger partial charge in [0, 0.05) is 32.3 Å². The molecule has 3 rings (SSSR count). The maximum atomic E-state index is 12.9. The summed E-state index contributed by atoms with van der Waals surface area (Å²) in [7, 11) is 1.60. The van der Waals surface area contributed by atoms with Crippen molar-refractivity contribution < 1.29 is 17.9 Å². The molecular formula is C16H20F3N5O. The van der Waals surface area contributed by atoms with Crippen LogP contribution in [0.15, 0.2) is 18.6 Å². The number of imidazole rings is 1. The monoisotopic (exact) mass is 355 g/mol. The van der Waals surface area contributed by atoms with Gasteiger partial charge in [0.15, 0.2) is 11.5 Å². The summed E-state index contributed by atoms with van der Waals surface area (Å²) >= 11 is 0. The number of anilines is 1. The first kappa shape index (κ1) is 17.5. The van der Waals surface area contributed by atoms with E-state index < -0.39 is 11.9 Å². The molecule has 0 N–H and O–H groups in total. The van der Waals surface area contributed by atoms with Crippen molar-refractivity contribution in [1.29, 1.82) is 0 Å². The predicted octanol–water partition coefficient (Wildman–Crippen LogP) is 3.01. The lowest BCUT2D eigenvalue weighted by Gasteiger charge is -2.33. The van der Waals surface area contributed by atoms with Crippen molar-refractivity contribution in [3.63, 3.8) is 0 Å². The lowest BCUT2D eigenvalue weighted by atomic mass is 9.97. The number of alkyl halides is 3. The van der Waals surface area contributed by atoms with Gasteiger partial charge >= 0.3 is 6.18 Å². The molecule has 2 aromatic heterocycles. The highest BCUT2D eigenvalue weighted by molar-refractivity contribution is 5.39. The van der Waals surface area contributed by atoms with Gasteiger partial charge in [-0.15, -0.1) is 0 Å². The van der Waals surface area contributed by atoms with E-state index >= 15 is 0 Å². The third-order valence-electron chi connectivity index (χ3n) is 4.21. The van der Waals surface area contributed by atoms with Crippen LogP contribution in [0.5, 0.6) is 5.88 Å². The molecule has 0 aliphatic carbocycles. The van der Waals surface area contributed by atoms with Gasteiger partial charge in [-0.25, -0.2) is 4.98 Å². The van der Waals surface area contributed by atoms with E-state index in [2.05, 4.69) is 15.0 Å². The van der Waals surface area contributed by atoms with Crippen LogP contribution in [0.25, 0.3) is 0 Å². The number of hydrogen-bond donors (Lipinski definition) is 0. The number of rotatable bonds is 4. The Labute approximate surface area is 143 Å². The molecule has 0 aromatic carbocycles. The SMILES string of the molecule is CCOc1cncc(N2CCC[C@H](c3nc(C(F)(F)F)cn3C)C2)n1. The molecule has 6 nitrogen and oxygen atoms in total. The summed E-state index contributed by atoms with van der Waals surface area (Å²) in [5, 5.41) is 0. The first-order chi connectivity index (χ1) is 11.9. The van der Waals surface area contributed by atoms with E-state index in [1.54, 1.807) is 19.4 Å². The van der Waals surface area contributed by atoms with E-state index in [-0.39, 0.29) is 5.92 Å². The van der Waals surface area contributed by atoms with Gasteiger partial charge in [-0.3, -0.25) is 4.98 Å². The predicted molar refractivity (Wildman–Crippen MR) is 85.6 cm³/mol. The van der Waals surface area contributed by atoms with Gasteiger partial charge in [-0.1, -0.05) is 0 Å². The summed E-state index contributed by atoms with van der Waals surface area (Å²) in [5.41, 5.74) is -0.847. The second kappa shape index (κ2) is 6.89. The molecule has 2 aromatic rings. The number of piperidine rings is 1. The molecule has 9 heteroatoms. The van der Waals surface area contributed by atoms with Crippen molar-refractivity contribution in [3.8, 4) is 5.88 Å². The second-order valence-corrected chi connectivity index (χ2v) is 6.03. The minimum Gasteiger partial charge on any atom is -0.477 e. The van der Waals surface area contributed by atoms with E-state index in [0.717, 1.165) is 25.6 Å². The molecule has 0 amide bonds. The fourth-order valence-electron chi connectivity index (χ4n) is 3.10. The highest BCUT2D eigenvalue weighted by atomic mass is 19.4. The molecule has 25 heavy (non-hydrogen) atoms. The van der Waals surface area contributed by atoms with Crippen molar-refractivity contribution in [2.24, 2.45) is 7.05 Å². The van der Waals surface area contributed by atoms with E-state index in [4.69, 9.17) is 4.74 Å². The van der Waals surface area contributed by atoms with Gasteiger partial charge in [0.05, 0.1) is 19.0 Å².